The van der Waals surface area contributed by atoms with Crippen molar-refractivity contribution in [3.05, 3.63) is 68.1 Å². The summed E-state index contributed by atoms with van der Waals surface area (Å²) in [4.78, 5) is 25.9. The molecular formula is C24H28N4O2S2. The summed E-state index contributed by atoms with van der Waals surface area (Å²) in [6.07, 6.45) is 4.52. The van der Waals surface area contributed by atoms with Gasteiger partial charge in [-0.1, -0.05) is 19.1 Å². The fourth-order valence-electron chi connectivity index (χ4n) is 3.52. The van der Waals surface area contributed by atoms with E-state index in [0.717, 1.165) is 66.9 Å². The van der Waals surface area contributed by atoms with Crippen LogP contribution in [0.1, 0.15) is 33.9 Å². The van der Waals surface area contributed by atoms with Crippen LogP contribution in [-0.4, -0.2) is 51.9 Å². The molecule has 1 aliphatic rings. The summed E-state index contributed by atoms with van der Waals surface area (Å²) < 4.78 is 5.78. The number of hydrogen-bond acceptors (Lipinski definition) is 7. The molecule has 8 heteroatoms. The maximum atomic E-state index is 12.6. The number of hydrogen-bond donors (Lipinski definition) is 0. The first-order valence-electron chi connectivity index (χ1n) is 10.9. The molecule has 0 saturated carbocycles. The van der Waals surface area contributed by atoms with Gasteiger partial charge in [-0.15, -0.1) is 22.7 Å². The second-order valence-corrected chi connectivity index (χ2v) is 9.74. The number of nitrogens with zero attached hydrogens (tertiary/aromatic N) is 4. The van der Waals surface area contributed by atoms with Gasteiger partial charge < -0.3 is 9.64 Å². The number of thiazole rings is 2. The summed E-state index contributed by atoms with van der Waals surface area (Å²) in [5.41, 5.74) is 3.06. The first kappa shape index (κ1) is 22.6. The lowest BCUT2D eigenvalue weighted by atomic mass is 10.2. The number of carbonyl (C=O) groups is 1. The standard InChI is InChI=1S/C24H28N4O2S2/c1-3-23-26-20(16-32-23)14-27-10-12-28(13-11-27)24(29)9-6-19-4-7-22(8-5-19)30-15-21-17-31-18(2)25-21/h4-9,16-17H,3,10-15H2,1-2H3/b9-6+. The number of aromatic nitrogens is 2. The van der Waals surface area contributed by atoms with E-state index in [9.17, 15) is 4.79 Å². The van der Waals surface area contributed by atoms with Gasteiger partial charge in [0.15, 0.2) is 0 Å². The van der Waals surface area contributed by atoms with E-state index in [1.165, 1.54) is 5.01 Å². The Morgan fingerprint density at radius 2 is 1.81 bits per heavy atom. The van der Waals surface area contributed by atoms with Gasteiger partial charge in [-0.2, -0.15) is 0 Å². The largest absolute Gasteiger partial charge is 0.487 e. The van der Waals surface area contributed by atoms with E-state index >= 15 is 0 Å². The third-order valence-electron chi connectivity index (χ3n) is 5.32. The molecule has 0 spiro atoms. The van der Waals surface area contributed by atoms with Gasteiger partial charge in [0.25, 0.3) is 0 Å². The Bertz CT molecular complexity index is 1050. The molecule has 1 aliphatic heterocycles. The zero-order chi connectivity index (χ0) is 22.3. The summed E-state index contributed by atoms with van der Waals surface area (Å²) in [5, 5.41) is 6.39. The van der Waals surface area contributed by atoms with Crippen LogP contribution in [0, 0.1) is 6.92 Å². The minimum Gasteiger partial charge on any atom is -0.487 e. The van der Waals surface area contributed by atoms with Gasteiger partial charge in [0, 0.05) is 49.6 Å². The Kier molecular flexibility index (Phi) is 7.68. The predicted octanol–water partition coefficient (Wildman–Crippen LogP) is 4.41. The van der Waals surface area contributed by atoms with Crippen molar-refractivity contribution in [2.75, 3.05) is 26.2 Å². The van der Waals surface area contributed by atoms with Gasteiger partial charge in [0.2, 0.25) is 5.91 Å². The van der Waals surface area contributed by atoms with Crippen molar-refractivity contribution in [1.82, 2.24) is 19.8 Å². The van der Waals surface area contributed by atoms with Crippen LogP contribution in [0.5, 0.6) is 5.75 Å². The van der Waals surface area contributed by atoms with E-state index in [4.69, 9.17) is 4.74 Å². The lowest BCUT2D eigenvalue weighted by Crippen LogP contribution is -2.47. The Balaban J connectivity index is 1.21. The molecule has 0 aliphatic carbocycles. The molecule has 0 atom stereocenters. The van der Waals surface area contributed by atoms with E-state index < -0.39 is 0 Å². The van der Waals surface area contributed by atoms with Gasteiger partial charge in [0.05, 0.1) is 21.4 Å². The highest BCUT2D eigenvalue weighted by molar-refractivity contribution is 7.09. The van der Waals surface area contributed by atoms with Gasteiger partial charge >= 0.3 is 0 Å². The van der Waals surface area contributed by atoms with Crippen LogP contribution >= 0.6 is 22.7 Å². The molecule has 1 fully saturated rings. The Labute approximate surface area is 197 Å². The first-order chi connectivity index (χ1) is 15.6. The minimum absolute atomic E-state index is 0.0609. The minimum atomic E-state index is 0.0609. The molecule has 1 amide bonds. The van der Waals surface area contributed by atoms with E-state index in [0.29, 0.717) is 6.61 Å². The van der Waals surface area contributed by atoms with Crippen LogP contribution in [0.25, 0.3) is 6.08 Å². The Morgan fingerprint density at radius 1 is 1.06 bits per heavy atom. The van der Waals surface area contributed by atoms with E-state index in [2.05, 4.69) is 27.2 Å². The van der Waals surface area contributed by atoms with Crippen molar-refractivity contribution in [2.24, 2.45) is 0 Å². The van der Waals surface area contributed by atoms with Gasteiger partial charge in [-0.3, -0.25) is 9.69 Å². The lowest BCUT2D eigenvalue weighted by molar-refractivity contribution is -0.127. The van der Waals surface area contributed by atoms with Gasteiger partial charge in [-0.05, 0) is 37.1 Å². The van der Waals surface area contributed by atoms with Crippen LogP contribution < -0.4 is 4.74 Å². The molecule has 4 rings (SSSR count). The molecule has 0 radical (unpaired) electrons. The third-order valence-corrected chi connectivity index (χ3v) is 7.19. The molecule has 32 heavy (non-hydrogen) atoms. The van der Waals surface area contributed by atoms with Crippen molar-refractivity contribution in [1.29, 1.82) is 0 Å². The molecule has 6 nitrogen and oxygen atoms in total. The molecule has 1 aromatic carbocycles. The smallest absolute Gasteiger partial charge is 0.246 e. The number of amides is 1. The fraction of sp³-hybridized carbons (Fsp3) is 0.375. The average Bonchev–Trinajstić information content (AvgIpc) is 3.45. The van der Waals surface area contributed by atoms with Crippen molar-refractivity contribution in [3.8, 4) is 5.75 Å². The van der Waals surface area contributed by atoms with Crippen LogP contribution in [0.2, 0.25) is 0 Å². The van der Waals surface area contributed by atoms with E-state index in [-0.39, 0.29) is 5.91 Å². The highest BCUT2D eigenvalue weighted by atomic mass is 32.1. The zero-order valence-electron chi connectivity index (χ0n) is 18.5. The highest BCUT2D eigenvalue weighted by Crippen LogP contribution is 2.17. The second-order valence-electron chi connectivity index (χ2n) is 7.74. The van der Waals surface area contributed by atoms with Crippen LogP contribution in [0.4, 0.5) is 0 Å². The van der Waals surface area contributed by atoms with Crippen molar-refractivity contribution in [2.45, 2.75) is 33.4 Å². The maximum Gasteiger partial charge on any atom is 0.246 e. The highest BCUT2D eigenvalue weighted by Gasteiger charge is 2.20. The number of ether oxygens (including phenoxy) is 1. The SMILES string of the molecule is CCc1nc(CN2CCN(C(=O)/C=C/c3ccc(OCc4csc(C)n4)cc3)CC2)cs1. The van der Waals surface area contributed by atoms with Crippen molar-refractivity contribution < 1.29 is 9.53 Å². The Morgan fingerprint density at radius 3 is 2.47 bits per heavy atom. The average molecular weight is 469 g/mol. The molecule has 2 aromatic heterocycles. The van der Waals surface area contributed by atoms with Crippen molar-refractivity contribution in [3.63, 3.8) is 0 Å². The molecule has 168 valence electrons. The topological polar surface area (TPSA) is 58.6 Å². The summed E-state index contributed by atoms with van der Waals surface area (Å²) in [6.45, 7) is 8.70. The number of piperazine rings is 1. The maximum absolute atomic E-state index is 12.6. The van der Waals surface area contributed by atoms with E-state index in [1.54, 1.807) is 28.7 Å². The van der Waals surface area contributed by atoms with Crippen LogP contribution in [0.15, 0.2) is 41.1 Å². The van der Waals surface area contributed by atoms with Crippen LogP contribution in [-0.2, 0) is 24.4 Å². The summed E-state index contributed by atoms with van der Waals surface area (Å²) >= 11 is 3.35. The predicted molar refractivity (Wildman–Crippen MR) is 130 cm³/mol. The summed E-state index contributed by atoms with van der Waals surface area (Å²) in [7, 11) is 0. The van der Waals surface area contributed by atoms with Gasteiger partial charge in [0.1, 0.15) is 12.4 Å². The molecule has 0 bridgehead atoms. The number of aryl methyl sites for hydroxylation is 2. The number of benzene rings is 1. The third kappa shape index (κ3) is 6.25. The molecule has 0 unspecified atom stereocenters. The summed E-state index contributed by atoms with van der Waals surface area (Å²) in [6, 6.07) is 7.76. The van der Waals surface area contributed by atoms with Crippen LogP contribution in [0.3, 0.4) is 0 Å². The number of carbonyl (C=O) groups excluding carboxylic acids is 1. The molecule has 0 N–H and O–H groups in total. The monoisotopic (exact) mass is 468 g/mol. The first-order valence-corrected chi connectivity index (χ1v) is 12.6. The molecular weight excluding hydrogens is 440 g/mol. The molecule has 3 aromatic rings. The van der Waals surface area contributed by atoms with Crippen molar-refractivity contribution >= 4 is 34.7 Å². The molecule has 3 heterocycles. The van der Waals surface area contributed by atoms with Gasteiger partial charge in [-0.25, -0.2) is 9.97 Å². The van der Waals surface area contributed by atoms with E-state index in [1.807, 2.05) is 47.5 Å². The fourth-order valence-corrected chi connectivity index (χ4v) is 4.85. The summed E-state index contributed by atoms with van der Waals surface area (Å²) in [5.74, 6) is 0.854. The zero-order valence-corrected chi connectivity index (χ0v) is 20.1. The Hall–Kier alpha value is -2.55. The quantitative estimate of drug-likeness (QED) is 0.459. The number of rotatable bonds is 8. The normalized spacial score (nSPS) is 14.9. The molecule has 1 saturated heterocycles. The second kappa shape index (κ2) is 10.8. The lowest BCUT2D eigenvalue weighted by Gasteiger charge is -2.33.